The lowest BCUT2D eigenvalue weighted by Crippen LogP contribution is -2.38. The maximum atomic E-state index is 11.8. The lowest BCUT2D eigenvalue weighted by molar-refractivity contribution is -0.129. The van der Waals surface area contributed by atoms with E-state index in [1.54, 1.807) is 0 Å². The minimum atomic E-state index is -0.324. The van der Waals surface area contributed by atoms with Crippen LogP contribution >= 0.6 is 0 Å². The maximum Gasteiger partial charge on any atom is 0.325 e. The molecule has 2 atom stereocenters. The van der Waals surface area contributed by atoms with E-state index in [4.69, 9.17) is 0 Å². The van der Waals surface area contributed by atoms with Gasteiger partial charge in [0.1, 0.15) is 6.04 Å². The molecular formula is C10H18N2O2. The smallest absolute Gasteiger partial charge is 0.325 e. The molecule has 14 heavy (non-hydrogen) atoms. The number of carbonyl (C=O) groups excluding carboxylic acids is 2. The predicted octanol–water partition coefficient (Wildman–Crippen LogP) is 1.36. The van der Waals surface area contributed by atoms with Crippen molar-refractivity contribution in [3.8, 4) is 0 Å². The Morgan fingerprint density at radius 1 is 1.36 bits per heavy atom. The van der Waals surface area contributed by atoms with Gasteiger partial charge in [0, 0.05) is 6.04 Å². The molecule has 0 aromatic rings. The van der Waals surface area contributed by atoms with Crippen molar-refractivity contribution in [1.29, 1.82) is 0 Å². The molecule has 4 nitrogen and oxygen atoms in total. The van der Waals surface area contributed by atoms with Crippen LogP contribution in [-0.2, 0) is 4.79 Å². The van der Waals surface area contributed by atoms with E-state index in [-0.39, 0.29) is 29.9 Å². The van der Waals surface area contributed by atoms with Crippen LogP contribution in [0.5, 0.6) is 0 Å². The van der Waals surface area contributed by atoms with Crippen molar-refractivity contribution in [2.24, 2.45) is 5.92 Å². The van der Waals surface area contributed by atoms with Crippen molar-refractivity contribution in [3.05, 3.63) is 0 Å². The molecule has 0 spiro atoms. The molecule has 0 bridgehead atoms. The van der Waals surface area contributed by atoms with Gasteiger partial charge in [-0.2, -0.15) is 0 Å². The fraction of sp³-hybridized carbons (Fsp3) is 0.800. The molecule has 0 aromatic heterocycles. The highest BCUT2D eigenvalue weighted by Gasteiger charge is 2.41. The molecule has 0 radical (unpaired) electrons. The highest BCUT2D eigenvalue weighted by atomic mass is 16.2. The normalized spacial score (nSPS) is 24.4. The molecule has 0 aromatic carbocycles. The van der Waals surface area contributed by atoms with Crippen molar-refractivity contribution in [2.75, 3.05) is 0 Å². The Labute approximate surface area is 84.7 Å². The summed E-state index contributed by atoms with van der Waals surface area (Å²) >= 11 is 0. The number of nitrogens with one attached hydrogen (secondary N) is 1. The van der Waals surface area contributed by atoms with Gasteiger partial charge in [-0.1, -0.05) is 20.3 Å². The van der Waals surface area contributed by atoms with Crippen LogP contribution in [0.15, 0.2) is 0 Å². The minimum Gasteiger partial charge on any atom is -0.326 e. The van der Waals surface area contributed by atoms with E-state index in [1.807, 2.05) is 27.7 Å². The summed E-state index contributed by atoms with van der Waals surface area (Å²) < 4.78 is 0. The predicted molar refractivity (Wildman–Crippen MR) is 53.8 cm³/mol. The average molecular weight is 198 g/mol. The summed E-state index contributed by atoms with van der Waals surface area (Å²) in [7, 11) is 0. The van der Waals surface area contributed by atoms with E-state index in [1.165, 1.54) is 4.90 Å². The second-order valence-electron chi connectivity index (χ2n) is 4.11. The molecule has 1 aliphatic heterocycles. The van der Waals surface area contributed by atoms with Crippen molar-refractivity contribution in [1.82, 2.24) is 10.2 Å². The topological polar surface area (TPSA) is 49.4 Å². The minimum absolute atomic E-state index is 0.0587. The van der Waals surface area contributed by atoms with Gasteiger partial charge in [-0.15, -0.1) is 0 Å². The monoisotopic (exact) mass is 198 g/mol. The Hall–Kier alpha value is -1.06. The zero-order valence-electron chi connectivity index (χ0n) is 9.20. The Morgan fingerprint density at radius 2 is 1.93 bits per heavy atom. The fourth-order valence-electron chi connectivity index (χ4n) is 1.62. The number of hydrogen-bond donors (Lipinski definition) is 1. The van der Waals surface area contributed by atoms with E-state index >= 15 is 0 Å². The van der Waals surface area contributed by atoms with Crippen LogP contribution in [0.2, 0.25) is 0 Å². The van der Waals surface area contributed by atoms with Crippen molar-refractivity contribution in [2.45, 2.75) is 46.2 Å². The lowest BCUT2D eigenvalue weighted by atomic mass is 9.99. The molecule has 4 heteroatoms. The van der Waals surface area contributed by atoms with Crippen LogP contribution in [0.1, 0.15) is 34.1 Å². The van der Waals surface area contributed by atoms with Gasteiger partial charge in [-0.05, 0) is 19.8 Å². The summed E-state index contributed by atoms with van der Waals surface area (Å²) in [6, 6.07) is -0.637. The molecule has 1 saturated heterocycles. The molecule has 80 valence electrons. The van der Waals surface area contributed by atoms with E-state index < -0.39 is 0 Å². The van der Waals surface area contributed by atoms with Gasteiger partial charge in [-0.3, -0.25) is 9.69 Å². The molecule has 1 heterocycles. The van der Waals surface area contributed by atoms with Crippen molar-refractivity contribution in [3.63, 3.8) is 0 Å². The highest BCUT2D eigenvalue weighted by Crippen LogP contribution is 2.18. The number of amides is 3. The first kappa shape index (κ1) is 11.0. The first-order chi connectivity index (χ1) is 6.49. The first-order valence-corrected chi connectivity index (χ1v) is 5.12. The quantitative estimate of drug-likeness (QED) is 0.696. The fourth-order valence-corrected chi connectivity index (χ4v) is 1.62. The van der Waals surface area contributed by atoms with Gasteiger partial charge in [0.15, 0.2) is 0 Å². The molecule has 2 unspecified atom stereocenters. The number of urea groups is 1. The number of carbonyl (C=O) groups is 2. The van der Waals surface area contributed by atoms with Crippen molar-refractivity contribution >= 4 is 11.9 Å². The molecule has 0 aliphatic carbocycles. The van der Waals surface area contributed by atoms with Gasteiger partial charge < -0.3 is 5.32 Å². The Balaban J connectivity index is 2.79. The lowest BCUT2D eigenvalue weighted by Gasteiger charge is -2.18. The van der Waals surface area contributed by atoms with E-state index in [9.17, 15) is 9.59 Å². The highest BCUT2D eigenvalue weighted by molar-refractivity contribution is 6.04. The van der Waals surface area contributed by atoms with Gasteiger partial charge in [-0.25, -0.2) is 4.79 Å². The van der Waals surface area contributed by atoms with Crippen LogP contribution in [0.3, 0.4) is 0 Å². The Morgan fingerprint density at radius 3 is 2.29 bits per heavy atom. The van der Waals surface area contributed by atoms with Gasteiger partial charge in [0.25, 0.3) is 5.91 Å². The maximum absolute atomic E-state index is 11.8. The van der Waals surface area contributed by atoms with Crippen LogP contribution in [0.4, 0.5) is 4.79 Å². The van der Waals surface area contributed by atoms with E-state index in [0.29, 0.717) is 0 Å². The molecule has 1 rings (SSSR count). The van der Waals surface area contributed by atoms with Crippen LogP contribution in [-0.4, -0.2) is 28.9 Å². The second-order valence-corrected chi connectivity index (χ2v) is 4.11. The third-order valence-corrected chi connectivity index (χ3v) is 2.73. The SMILES string of the molecule is CCC(C)C1NC(=O)N(C(C)C)C1=O. The largest absolute Gasteiger partial charge is 0.326 e. The van der Waals surface area contributed by atoms with Crippen LogP contribution < -0.4 is 5.32 Å². The molecular weight excluding hydrogens is 180 g/mol. The molecule has 1 aliphatic rings. The molecule has 1 fully saturated rings. The van der Waals surface area contributed by atoms with Crippen LogP contribution in [0, 0.1) is 5.92 Å². The average Bonchev–Trinajstić information content (AvgIpc) is 2.40. The number of imide groups is 1. The standard InChI is InChI=1S/C10H18N2O2/c1-5-7(4)8-9(13)12(6(2)3)10(14)11-8/h6-8H,5H2,1-4H3,(H,11,14). The summed E-state index contributed by atoms with van der Waals surface area (Å²) in [5.41, 5.74) is 0. The summed E-state index contributed by atoms with van der Waals surface area (Å²) in [4.78, 5) is 24.6. The summed E-state index contributed by atoms with van der Waals surface area (Å²) in [6.45, 7) is 7.68. The van der Waals surface area contributed by atoms with Crippen molar-refractivity contribution < 1.29 is 9.59 Å². The summed E-state index contributed by atoms with van der Waals surface area (Å²) in [6.07, 6.45) is 0.891. The summed E-state index contributed by atoms with van der Waals surface area (Å²) in [5, 5.41) is 2.72. The van der Waals surface area contributed by atoms with Gasteiger partial charge in [0.05, 0.1) is 0 Å². The number of hydrogen-bond acceptors (Lipinski definition) is 2. The van der Waals surface area contributed by atoms with E-state index in [0.717, 1.165) is 6.42 Å². The van der Waals surface area contributed by atoms with E-state index in [2.05, 4.69) is 5.32 Å². The number of rotatable bonds is 3. The zero-order valence-corrected chi connectivity index (χ0v) is 9.20. The Bertz CT molecular complexity index is 251. The third kappa shape index (κ3) is 1.74. The van der Waals surface area contributed by atoms with Gasteiger partial charge >= 0.3 is 6.03 Å². The molecule has 3 amide bonds. The zero-order chi connectivity index (χ0) is 10.9. The van der Waals surface area contributed by atoms with Gasteiger partial charge in [0.2, 0.25) is 0 Å². The number of nitrogens with zero attached hydrogens (tertiary/aromatic N) is 1. The van der Waals surface area contributed by atoms with Crippen LogP contribution in [0.25, 0.3) is 0 Å². The third-order valence-electron chi connectivity index (χ3n) is 2.73. The Kier molecular flexibility index (Phi) is 3.13. The summed E-state index contributed by atoms with van der Waals surface area (Å²) in [5.74, 6) is 0.120. The molecule has 0 saturated carbocycles. The first-order valence-electron chi connectivity index (χ1n) is 5.12. The second kappa shape index (κ2) is 3.98. The molecule has 1 N–H and O–H groups in total.